The summed E-state index contributed by atoms with van der Waals surface area (Å²) in [5.41, 5.74) is 1.29. The van der Waals surface area contributed by atoms with Gasteiger partial charge in [-0.05, 0) is 5.57 Å². The van der Waals surface area contributed by atoms with E-state index in [2.05, 4.69) is 0 Å². The number of aliphatic hydroxyl groups excluding tert-OH is 1. The maximum absolute atomic E-state index is 11.6. The number of carbonyl (C=O) groups excluding carboxylic acids is 2. The van der Waals surface area contributed by atoms with Crippen LogP contribution in [0.5, 0.6) is 0 Å². The Morgan fingerprint density at radius 2 is 2.41 bits per heavy atom. The van der Waals surface area contributed by atoms with E-state index in [1.165, 1.54) is 23.6 Å². The zero-order chi connectivity index (χ0) is 12.6. The Bertz CT molecular complexity index is 398. The minimum Gasteiger partial charge on any atom is -0.461 e. The fourth-order valence-electron chi connectivity index (χ4n) is 1.82. The van der Waals surface area contributed by atoms with E-state index >= 15 is 0 Å². The highest BCUT2D eigenvalue weighted by Crippen LogP contribution is 2.42. The second-order valence-electron chi connectivity index (χ2n) is 3.80. The number of esters is 1. The molecule has 0 radical (unpaired) electrons. The molecule has 0 aromatic carbocycles. The number of hydrogen-bond acceptors (Lipinski definition) is 5. The second-order valence-corrected chi connectivity index (χ2v) is 5.38. The largest absolute Gasteiger partial charge is 0.461 e. The lowest BCUT2D eigenvalue weighted by Gasteiger charge is -2.48. The smallest absolute Gasteiger partial charge is 0.302 e. The summed E-state index contributed by atoms with van der Waals surface area (Å²) < 4.78 is 4.89. The van der Waals surface area contributed by atoms with Gasteiger partial charge in [-0.25, -0.2) is 0 Å². The summed E-state index contributed by atoms with van der Waals surface area (Å²) in [5, 5.41) is 8.69. The van der Waals surface area contributed by atoms with Crippen LogP contribution in [-0.2, 0) is 14.3 Å². The number of aliphatic hydroxyl groups is 1. The van der Waals surface area contributed by atoms with Gasteiger partial charge in [0.1, 0.15) is 17.4 Å². The van der Waals surface area contributed by atoms with E-state index in [1.54, 1.807) is 0 Å². The summed E-state index contributed by atoms with van der Waals surface area (Å²) >= 11 is 7.39. The average molecular weight is 278 g/mol. The highest BCUT2D eigenvalue weighted by molar-refractivity contribution is 8.00. The van der Waals surface area contributed by atoms with Gasteiger partial charge in [-0.3, -0.25) is 14.5 Å². The minimum absolute atomic E-state index is 0.104. The molecule has 1 N–H and O–H groups in total. The van der Waals surface area contributed by atoms with Crippen LogP contribution >= 0.6 is 23.4 Å². The summed E-state index contributed by atoms with van der Waals surface area (Å²) in [5.74, 6) is 0.0289. The Balaban J connectivity index is 2.15. The minimum atomic E-state index is -0.517. The summed E-state index contributed by atoms with van der Waals surface area (Å²) in [4.78, 5) is 23.8. The maximum atomic E-state index is 11.6. The van der Waals surface area contributed by atoms with Gasteiger partial charge in [-0.1, -0.05) is 0 Å². The van der Waals surface area contributed by atoms with E-state index in [4.69, 9.17) is 16.3 Å². The molecule has 2 atom stereocenters. The highest BCUT2D eigenvalue weighted by atomic mass is 35.5. The molecule has 0 aromatic heterocycles. The number of amides is 1. The summed E-state index contributed by atoms with van der Waals surface area (Å²) in [6.45, 7) is 1.19. The molecule has 5 nitrogen and oxygen atoms in total. The number of ether oxygens (including phenoxy) is 1. The van der Waals surface area contributed by atoms with Crippen molar-refractivity contribution < 1.29 is 19.4 Å². The zero-order valence-corrected chi connectivity index (χ0v) is 10.8. The molecule has 1 amide bonds. The maximum Gasteiger partial charge on any atom is 0.302 e. The quantitative estimate of drug-likeness (QED) is 0.457. The molecule has 2 aliphatic rings. The molecule has 0 spiro atoms. The van der Waals surface area contributed by atoms with E-state index in [9.17, 15) is 14.7 Å². The molecule has 2 rings (SSSR count). The third-order valence-corrected chi connectivity index (χ3v) is 4.62. The van der Waals surface area contributed by atoms with Crippen molar-refractivity contribution in [3.05, 3.63) is 11.3 Å². The van der Waals surface area contributed by atoms with Gasteiger partial charge in [-0.15, -0.1) is 23.4 Å². The Kier molecular flexibility index (Phi) is 3.65. The van der Waals surface area contributed by atoms with Gasteiger partial charge in [0, 0.05) is 12.7 Å². The first-order chi connectivity index (χ1) is 8.06. The van der Waals surface area contributed by atoms with Crippen LogP contribution in [0.4, 0.5) is 0 Å². The Labute approximate surface area is 108 Å². The van der Waals surface area contributed by atoms with Crippen molar-refractivity contribution in [2.75, 3.05) is 19.0 Å². The number of β-lactam (4-membered cyclic amide) rings is 1. The number of thioether (sulfide) groups is 1. The molecule has 94 valence electrons. The molecular formula is C10H12ClNO4S. The fourth-order valence-corrected chi connectivity index (χ4v) is 3.54. The van der Waals surface area contributed by atoms with Crippen molar-refractivity contribution in [3.63, 3.8) is 0 Å². The van der Waals surface area contributed by atoms with Crippen LogP contribution in [0.15, 0.2) is 11.3 Å². The number of fused-ring (bicyclic) bond motifs is 1. The number of halogens is 1. The van der Waals surface area contributed by atoms with Crippen LogP contribution in [-0.4, -0.2) is 51.6 Å². The molecule has 7 heteroatoms. The molecule has 2 aliphatic heterocycles. The van der Waals surface area contributed by atoms with Gasteiger partial charge in [0.05, 0.1) is 12.3 Å². The van der Waals surface area contributed by atoms with Crippen LogP contribution in [0.3, 0.4) is 0 Å². The van der Waals surface area contributed by atoms with E-state index in [0.29, 0.717) is 11.4 Å². The average Bonchev–Trinajstić information content (AvgIpc) is 2.33. The number of nitrogens with zero attached hydrogens (tertiary/aromatic N) is 1. The van der Waals surface area contributed by atoms with Crippen molar-refractivity contribution in [3.8, 4) is 0 Å². The molecule has 0 saturated carbocycles. The molecular weight excluding hydrogens is 266 g/mol. The van der Waals surface area contributed by atoms with Crippen molar-refractivity contribution in [1.82, 2.24) is 4.90 Å². The van der Waals surface area contributed by atoms with Crippen LogP contribution in [0.1, 0.15) is 6.92 Å². The van der Waals surface area contributed by atoms with Crippen molar-refractivity contribution in [2.24, 2.45) is 0 Å². The molecule has 0 aliphatic carbocycles. The number of alkyl halides is 1. The molecule has 0 aromatic rings. The Morgan fingerprint density at radius 1 is 1.71 bits per heavy atom. The first-order valence-corrected chi connectivity index (χ1v) is 6.58. The molecule has 0 bridgehead atoms. The number of rotatable bonds is 3. The number of carbonyl (C=O) groups is 2. The molecule has 17 heavy (non-hydrogen) atoms. The first-order valence-electron chi connectivity index (χ1n) is 5.10. The van der Waals surface area contributed by atoms with Gasteiger partial charge in [0.25, 0.3) is 0 Å². The van der Waals surface area contributed by atoms with E-state index in [1.807, 2.05) is 0 Å². The summed E-state index contributed by atoms with van der Waals surface area (Å²) in [6.07, 6.45) is 0. The molecule has 1 saturated heterocycles. The van der Waals surface area contributed by atoms with E-state index in [0.717, 1.165) is 5.57 Å². The molecule has 1 fully saturated rings. The predicted octanol–water partition coefficient (Wildman–Crippen LogP) is 0.318. The second kappa shape index (κ2) is 4.88. The van der Waals surface area contributed by atoms with Gasteiger partial charge in [-0.2, -0.15) is 0 Å². The van der Waals surface area contributed by atoms with Crippen LogP contribution in [0, 0.1) is 0 Å². The van der Waals surface area contributed by atoms with Crippen LogP contribution in [0.25, 0.3) is 0 Å². The topological polar surface area (TPSA) is 66.8 Å². The van der Waals surface area contributed by atoms with E-state index in [-0.39, 0.29) is 30.5 Å². The van der Waals surface area contributed by atoms with Gasteiger partial charge in [0.2, 0.25) is 5.91 Å². The normalized spacial score (nSPS) is 27.7. The van der Waals surface area contributed by atoms with Gasteiger partial charge < -0.3 is 9.84 Å². The monoisotopic (exact) mass is 277 g/mol. The van der Waals surface area contributed by atoms with Gasteiger partial charge >= 0.3 is 5.97 Å². The SMILES string of the molecule is CC(=O)OCC1=C(CO)N2C(=O)[C@H](Cl)[C@H]2SC1. The van der Waals surface area contributed by atoms with Crippen molar-refractivity contribution >= 4 is 35.2 Å². The first kappa shape index (κ1) is 12.7. The lowest BCUT2D eigenvalue weighted by Crippen LogP contribution is -2.62. The van der Waals surface area contributed by atoms with E-state index < -0.39 is 5.38 Å². The third kappa shape index (κ3) is 2.17. The standard InChI is InChI=1S/C10H12ClNO4S/c1-5(14)16-3-6-4-17-10-8(11)9(15)12(10)7(6)2-13/h8,10,13H,2-4H2,1H3/t8-,10+/m0/s1. The predicted molar refractivity (Wildman–Crippen MR) is 63.5 cm³/mol. The molecule has 0 unspecified atom stereocenters. The summed E-state index contributed by atoms with van der Waals surface area (Å²) in [6, 6.07) is 0. The number of hydrogen-bond donors (Lipinski definition) is 1. The Hall–Kier alpha value is -0.720. The lowest BCUT2D eigenvalue weighted by atomic mass is 10.1. The third-order valence-electron chi connectivity index (χ3n) is 2.70. The van der Waals surface area contributed by atoms with Crippen molar-refractivity contribution in [2.45, 2.75) is 17.7 Å². The Morgan fingerprint density at radius 3 is 3.00 bits per heavy atom. The highest BCUT2D eigenvalue weighted by Gasteiger charge is 2.50. The fraction of sp³-hybridized carbons (Fsp3) is 0.600. The van der Waals surface area contributed by atoms with Gasteiger partial charge in [0.15, 0.2) is 0 Å². The summed E-state index contributed by atoms with van der Waals surface area (Å²) in [7, 11) is 0. The lowest BCUT2D eigenvalue weighted by molar-refractivity contribution is -0.140. The van der Waals surface area contributed by atoms with Crippen LogP contribution < -0.4 is 0 Å². The molecule has 2 heterocycles. The van der Waals surface area contributed by atoms with Crippen molar-refractivity contribution in [1.29, 1.82) is 0 Å². The van der Waals surface area contributed by atoms with Crippen LogP contribution in [0.2, 0.25) is 0 Å². The zero-order valence-electron chi connectivity index (χ0n) is 9.18.